The molecule has 0 radical (unpaired) electrons. The third-order valence-electron chi connectivity index (χ3n) is 5.82. The fourth-order valence-electron chi connectivity index (χ4n) is 3.86. The number of hydrogen-bond acceptors (Lipinski definition) is 4. The molecule has 0 aliphatic carbocycles. The summed E-state index contributed by atoms with van der Waals surface area (Å²) >= 11 is 1.11. The third-order valence-corrected chi connectivity index (χ3v) is 6.81. The summed E-state index contributed by atoms with van der Waals surface area (Å²) in [5.74, 6) is -1.12. The van der Waals surface area contributed by atoms with Crippen molar-refractivity contribution in [3.8, 4) is 0 Å². The Labute approximate surface area is 227 Å². The fraction of sp³-hybridized carbons (Fsp3) is 0.321. The van der Waals surface area contributed by atoms with Gasteiger partial charge in [-0.1, -0.05) is 29.8 Å². The van der Waals surface area contributed by atoms with Crippen molar-refractivity contribution in [2.75, 3.05) is 23.7 Å². The largest absolute Gasteiger partial charge is 0.481 e. The van der Waals surface area contributed by atoms with Gasteiger partial charge in [-0.2, -0.15) is 26.3 Å². The highest BCUT2D eigenvalue weighted by molar-refractivity contribution is 8.00. The summed E-state index contributed by atoms with van der Waals surface area (Å²) in [6.07, 6.45) is -9.28. The summed E-state index contributed by atoms with van der Waals surface area (Å²) in [4.78, 5) is 13.2. The smallest absolute Gasteiger partial charge is 0.416 e. The van der Waals surface area contributed by atoms with Gasteiger partial charge in [0.05, 0.1) is 16.9 Å². The van der Waals surface area contributed by atoms with Crippen molar-refractivity contribution in [2.24, 2.45) is 0 Å². The molecule has 2 N–H and O–H groups in total. The van der Waals surface area contributed by atoms with Crippen LogP contribution in [-0.2, 0) is 30.2 Å². The topological polar surface area (TPSA) is 52.6 Å². The lowest BCUT2D eigenvalue weighted by Gasteiger charge is -2.26. The lowest BCUT2D eigenvalue weighted by atomic mass is 10.0. The standard InChI is InChI=1S/C28H28F6N2O2S/c1-19-3-5-20(6-4-19)16-35-11-2-12-36(24-7-9-25(10-8-24)39-18-26(37)38)17-21-13-22(27(29,30)31)15-23(14-21)28(32,33)34/h3-10,13-15,35H,2,11-12,16-18H2,1H3,(H,37,38). The molecule has 3 aromatic carbocycles. The van der Waals surface area contributed by atoms with Gasteiger partial charge >= 0.3 is 18.3 Å². The lowest BCUT2D eigenvalue weighted by Crippen LogP contribution is -2.27. The SMILES string of the molecule is Cc1ccc(CNCCCN(Cc2cc(C(F)(F)F)cc(C(F)(F)F)c2)c2ccc(SCC(=O)O)cc2)cc1. The van der Waals surface area contributed by atoms with E-state index >= 15 is 0 Å². The second-order valence-corrected chi connectivity index (χ2v) is 10.1. The van der Waals surface area contributed by atoms with Crippen molar-refractivity contribution >= 4 is 23.4 Å². The van der Waals surface area contributed by atoms with Crippen molar-refractivity contribution in [3.05, 3.63) is 94.5 Å². The second-order valence-electron chi connectivity index (χ2n) is 9.03. The zero-order valence-corrected chi connectivity index (χ0v) is 21.9. The van der Waals surface area contributed by atoms with Crippen LogP contribution in [0.3, 0.4) is 0 Å². The van der Waals surface area contributed by atoms with E-state index in [-0.39, 0.29) is 23.9 Å². The number of carboxylic acid groups (broad SMARTS) is 1. The average Bonchev–Trinajstić information content (AvgIpc) is 2.87. The van der Waals surface area contributed by atoms with Gasteiger partial charge in [0.25, 0.3) is 0 Å². The molecule has 3 aromatic rings. The molecule has 0 bridgehead atoms. The number of nitrogens with one attached hydrogen (secondary N) is 1. The molecule has 0 atom stereocenters. The van der Waals surface area contributed by atoms with Crippen molar-refractivity contribution in [1.29, 1.82) is 0 Å². The Morgan fingerprint density at radius 2 is 1.46 bits per heavy atom. The number of carboxylic acids is 1. The Morgan fingerprint density at radius 1 is 0.872 bits per heavy atom. The number of hydrogen-bond donors (Lipinski definition) is 2. The maximum absolute atomic E-state index is 13.4. The molecule has 0 saturated heterocycles. The molecular weight excluding hydrogens is 542 g/mol. The molecule has 210 valence electrons. The number of benzene rings is 3. The highest BCUT2D eigenvalue weighted by atomic mass is 32.2. The normalized spacial score (nSPS) is 12.0. The Kier molecular flexibility index (Phi) is 10.3. The van der Waals surface area contributed by atoms with E-state index in [2.05, 4.69) is 5.32 Å². The van der Waals surface area contributed by atoms with Gasteiger partial charge in [0.15, 0.2) is 0 Å². The average molecular weight is 571 g/mol. The number of alkyl halides is 6. The van der Waals surface area contributed by atoms with E-state index in [4.69, 9.17) is 5.11 Å². The molecule has 39 heavy (non-hydrogen) atoms. The van der Waals surface area contributed by atoms with Gasteiger partial charge in [-0.25, -0.2) is 0 Å². The number of halogens is 6. The molecule has 0 amide bonds. The van der Waals surface area contributed by atoms with Crippen LogP contribution in [0, 0.1) is 6.92 Å². The fourth-order valence-corrected chi connectivity index (χ4v) is 4.48. The first-order chi connectivity index (χ1) is 18.3. The first kappa shape index (κ1) is 30.4. The van der Waals surface area contributed by atoms with Crippen LogP contribution < -0.4 is 10.2 Å². The predicted molar refractivity (Wildman–Crippen MR) is 140 cm³/mol. The molecule has 4 nitrogen and oxygen atoms in total. The van der Waals surface area contributed by atoms with E-state index in [0.717, 1.165) is 35.0 Å². The first-order valence-electron chi connectivity index (χ1n) is 12.1. The predicted octanol–water partition coefficient (Wildman–Crippen LogP) is 7.40. The minimum absolute atomic E-state index is 0.117. The Hall–Kier alpha value is -3.18. The number of aryl methyl sites for hydroxylation is 1. The molecule has 0 fully saturated rings. The molecule has 0 aromatic heterocycles. The monoisotopic (exact) mass is 570 g/mol. The van der Waals surface area contributed by atoms with E-state index in [1.165, 1.54) is 0 Å². The molecular formula is C28H28F6N2O2S. The number of nitrogens with zero attached hydrogens (tertiary/aromatic N) is 1. The van der Waals surface area contributed by atoms with Crippen molar-refractivity contribution < 1.29 is 36.2 Å². The van der Waals surface area contributed by atoms with Crippen LogP contribution in [-0.4, -0.2) is 29.9 Å². The molecule has 0 spiro atoms. The highest BCUT2D eigenvalue weighted by Crippen LogP contribution is 2.37. The van der Waals surface area contributed by atoms with Crippen molar-refractivity contribution in [2.45, 2.75) is 43.7 Å². The quantitative estimate of drug-likeness (QED) is 0.135. The Bertz CT molecular complexity index is 1200. The maximum atomic E-state index is 13.4. The van der Waals surface area contributed by atoms with Gasteiger partial charge in [-0.3, -0.25) is 4.79 Å². The van der Waals surface area contributed by atoms with E-state index in [0.29, 0.717) is 36.6 Å². The van der Waals surface area contributed by atoms with Crippen LogP contribution in [0.4, 0.5) is 32.0 Å². The van der Waals surface area contributed by atoms with E-state index in [1.54, 1.807) is 29.2 Å². The Morgan fingerprint density at radius 3 is 2.00 bits per heavy atom. The van der Waals surface area contributed by atoms with Crippen LogP contribution in [0.5, 0.6) is 0 Å². The molecule has 0 unspecified atom stereocenters. The summed E-state index contributed by atoms with van der Waals surface area (Å²) in [6, 6.07) is 16.3. The first-order valence-corrected chi connectivity index (χ1v) is 13.0. The maximum Gasteiger partial charge on any atom is 0.416 e. The van der Waals surface area contributed by atoms with Crippen molar-refractivity contribution in [3.63, 3.8) is 0 Å². The number of anilines is 1. The van der Waals surface area contributed by atoms with Gasteiger partial charge in [0.2, 0.25) is 0 Å². The van der Waals surface area contributed by atoms with Gasteiger partial charge in [-0.15, -0.1) is 11.8 Å². The summed E-state index contributed by atoms with van der Waals surface area (Å²) in [6.45, 7) is 3.38. The van der Waals surface area contributed by atoms with Gasteiger partial charge in [-0.05, 0) is 73.5 Å². The molecule has 0 aliphatic rings. The number of thioether (sulfide) groups is 1. The van der Waals surface area contributed by atoms with Crippen LogP contribution in [0.15, 0.2) is 71.6 Å². The van der Waals surface area contributed by atoms with E-state index in [1.807, 2.05) is 31.2 Å². The Balaban J connectivity index is 1.78. The zero-order chi connectivity index (χ0) is 28.6. The number of carbonyl (C=O) groups is 1. The summed E-state index contributed by atoms with van der Waals surface area (Å²) < 4.78 is 80.3. The summed E-state index contributed by atoms with van der Waals surface area (Å²) in [5, 5.41) is 12.2. The van der Waals surface area contributed by atoms with Gasteiger partial charge in [0, 0.05) is 30.2 Å². The molecule has 0 saturated carbocycles. The third kappa shape index (κ3) is 9.81. The van der Waals surface area contributed by atoms with E-state index < -0.39 is 29.4 Å². The zero-order valence-electron chi connectivity index (χ0n) is 21.1. The van der Waals surface area contributed by atoms with Gasteiger partial charge in [0.1, 0.15) is 0 Å². The van der Waals surface area contributed by atoms with Crippen LogP contribution in [0.2, 0.25) is 0 Å². The van der Waals surface area contributed by atoms with Crippen LogP contribution in [0.1, 0.15) is 34.2 Å². The highest BCUT2D eigenvalue weighted by Gasteiger charge is 2.37. The molecule has 0 heterocycles. The van der Waals surface area contributed by atoms with Crippen LogP contribution >= 0.6 is 11.8 Å². The molecule has 3 rings (SSSR count). The molecule has 0 aliphatic heterocycles. The van der Waals surface area contributed by atoms with Crippen LogP contribution in [0.25, 0.3) is 0 Å². The minimum Gasteiger partial charge on any atom is -0.481 e. The summed E-state index contributed by atoms with van der Waals surface area (Å²) in [7, 11) is 0. The number of rotatable bonds is 12. The minimum atomic E-state index is -4.93. The summed E-state index contributed by atoms with van der Waals surface area (Å²) in [5.41, 5.74) is 0.00813. The number of aliphatic carboxylic acids is 1. The van der Waals surface area contributed by atoms with E-state index in [9.17, 15) is 31.1 Å². The van der Waals surface area contributed by atoms with Crippen molar-refractivity contribution in [1.82, 2.24) is 5.32 Å². The molecule has 11 heteroatoms. The van der Waals surface area contributed by atoms with Gasteiger partial charge < -0.3 is 15.3 Å². The second kappa shape index (κ2) is 13.3. The lowest BCUT2D eigenvalue weighted by molar-refractivity contribution is -0.143.